The molecule has 0 unspecified atom stereocenters. The van der Waals surface area contributed by atoms with E-state index >= 15 is 0 Å². The number of ether oxygens (including phenoxy) is 3. The van der Waals surface area contributed by atoms with Gasteiger partial charge >= 0.3 is 17.9 Å². The molecule has 2 heterocycles. The molecule has 1 amide bonds. The summed E-state index contributed by atoms with van der Waals surface area (Å²) in [6.45, 7) is 9.32. The van der Waals surface area contributed by atoms with Crippen LogP contribution in [0.2, 0.25) is 0 Å². The quantitative estimate of drug-likeness (QED) is 0.428. The molecule has 0 aromatic heterocycles. The number of carbonyl (C=O) groups excluding carboxylic acids is 4. The maximum Gasteiger partial charge on any atom is 0.311 e. The summed E-state index contributed by atoms with van der Waals surface area (Å²) in [6.07, 6.45) is -1.86. The summed E-state index contributed by atoms with van der Waals surface area (Å²) in [4.78, 5) is 54.1. The molecule has 0 bridgehead atoms. The zero-order chi connectivity index (χ0) is 28.8. The van der Waals surface area contributed by atoms with Crippen LogP contribution in [-0.2, 0) is 28.6 Å². The molecular weight excluding hydrogens is 516 g/mol. The fourth-order valence-electron chi connectivity index (χ4n) is 7.96. The topological polar surface area (TPSA) is 123 Å². The average Bonchev–Trinajstić information content (AvgIpc) is 3.33. The van der Waals surface area contributed by atoms with Gasteiger partial charge in [-0.15, -0.1) is 0 Å². The summed E-state index contributed by atoms with van der Waals surface area (Å²) >= 11 is 0. The highest BCUT2D eigenvalue weighted by Gasteiger charge is 2.67. The van der Waals surface area contributed by atoms with E-state index < -0.39 is 53.6 Å². The summed E-state index contributed by atoms with van der Waals surface area (Å²) in [7, 11) is 0. The first-order valence-corrected chi connectivity index (χ1v) is 14.3. The predicted molar refractivity (Wildman–Crippen MR) is 143 cm³/mol. The highest BCUT2D eigenvalue weighted by Crippen LogP contribution is 2.59. The Kier molecular flexibility index (Phi) is 7.94. The van der Waals surface area contributed by atoms with Gasteiger partial charge in [-0.25, -0.2) is 0 Å². The average molecular weight is 557 g/mol. The van der Waals surface area contributed by atoms with Crippen LogP contribution in [0.1, 0.15) is 50.9 Å². The fraction of sp³-hybridized carbons (Fsp3) is 0.667. The van der Waals surface area contributed by atoms with Gasteiger partial charge in [0.05, 0.1) is 12.0 Å². The number of aliphatic hydroxyl groups is 1. The number of aliphatic hydroxyl groups excluding tert-OH is 1. The molecule has 4 fully saturated rings. The summed E-state index contributed by atoms with van der Waals surface area (Å²) in [5, 5.41) is 12.1. The summed E-state index contributed by atoms with van der Waals surface area (Å²) < 4.78 is 17.3. The molecule has 1 aromatic rings. The van der Waals surface area contributed by atoms with E-state index in [-0.39, 0.29) is 23.7 Å². The third-order valence-corrected chi connectivity index (χ3v) is 9.70. The number of amides is 1. The first-order chi connectivity index (χ1) is 19.0. The van der Waals surface area contributed by atoms with E-state index in [1.165, 1.54) is 13.8 Å². The minimum absolute atomic E-state index is 0.00665. The normalized spacial score (nSPS) is 37.6. The van der Waals surface area contributed by atoms with Crippen molar-refractivity contribution in [3.05, 3.63) is 35.9 Å². The molecule has 9 atom stereocenters. The van der Waals surface area contributed by atoms with Crippen LogP contribution in [0.3, 0.4) is 0 Å². The van der Waals surface area contributed by atoms with Crippen molar-refractivity contribution >= 4 is 23.8 Å². The monoisotopic (exact) mass is 556 g/mol. The molecule has 2 saturated carbocycles. The SMILES string of the molecule is CC(=O)O[C@H]1C[C@@H](OC(C)=O)[C@@H]2[C@H](C)C[C@H]3OC(=O)[C@@H](CN4CCN(C(=O)c5ccccc5)CC4)[C@H]3[C@H](O)[C@@]21C. The molecule has 1 aromatic carbocycles. The second kappa shape index (κ2) is 11.1. The number of piperazine rings is 1. The van der Waals surface area contributed by atoms with Crippen molar-refractivity contribution < 1.29 is 38.5 Å². The van der Waals surface area contributed by atoms with E-state index in [0.717, 1.165) is 0 Å². The number of hydrogen-bond donors (Lipinski definition) is 1. The van der Waals surface area contributed by atoms with Crippen LogP contribution in [0.15, 0.2) is 30.3 Å². The van der Waals surface area contributed by atoms with Crippen LogP contribution >= 0.6 is 0 Å². The number of benzene rings is 1. The number of hydrogen-bond acceptors (Lipinski definition) is 9. The van der Waals surface area contributed by atoms with Crippen LogP contribution in [0.5, 0.6) is 0 Å². The zero-order valence-corrected chi connectivity index (χ0v) is 23.7. The molecule has 40 heavy (non-hydrogen) atoms. The molecule has 0 radical (unpaired) electrons. The lowest BCUT2D eigenvalue weighted by Crippen LogP contribution is -2.54. The Morgan fingerprint density at radius 2 is 1.68 bits per heavy atom. The van der Waals surface area contributed by atoms with Crippen LogP contribution in [0.4, 0.5) is 0 Å². The van der Waals surface area contributed by atoms with E-state index in [1.807, 2.05) is 49.1 Å². The Balaban J connectivity index is 1.34. The van der Waals surface area contributed by atoms with E-state index in [4.69, 9.17) is 14.2 Å². The minimum atomic E-state index is -1.02. The van der Waals surface area contributed by atoms with Crippen LogP contribution in [0.25, 0.3) is 0 Å². The molecule has 2 saturated heterocycles. The number of fused-ring (bicyclic) bond motifs is 2. The highest BCUT2D eigenvalue weighted by atomic mass is 16.6. The molecular formula is C30H40N2O8. The molecule has 2 aliphatic carbocycles. The lowest BCUT2D eigenvalue weighted by atomic mass is 9.66. The Morgan fingerprint density at radius 1 is 1.02 bits per heavy atom. The summed E-state index contributed by atoms with van der Waals surface area (Å²) in [6, 6.07) is 9.19. The van der Waals surface area contributed by atoms with Crippen LogP contribution in [-0.4, -0.2) is 95.9 Å². The van der Waals surface area contributed by atoms with E-state index in [2.05, 4.69) is 4.90 Å². The first-order valence-electron chi connectivity index (χ1n) is 14.3. The van der Waals surface area contributed by atoms with Crippen molar-refractivity contribution in [2.45, 2.75) is 65.0 Å². The Labute approximate surface area is 234 Å². The molecule has 0 spiro atoms. The maximum absolute atomic E-state index is 13.2. The number of rotatable bonds is 5. The Morgan fingerprint density at radius 3 is 2.30 bits per heavy atom. The van der Waals surface area contributed by atoms with Gasteiger partial charge in [0.2, 0.25) is 0 Å². The van der Waals surface area contributed by atoms with Gasteiger partial charge in [-0.1, -0.05) is 32.0 Å². The van der Waals surface area contributed by atoms with E-state index in [0.29, 0.717) is 51.1 Å². The predicted octanol–water partition coefficient (Wildman–Crippen LogP) is 1.89. The van der Waals surface area contributed by atoms with Crippen molar-refractivity contribution in [2.24, 2.45) is 29.1 Å². The first kappa shape index (κ1) is 28.5. The molecule has 218 valence electrons. The van der Waals surface area contributed by atoms with Crippen LogP contribution < -0.4 is 0 Å². The highest BCUT2D eigenvalue weighted by molar-refractivity contribution is 5.94. The Bertz CT molecular complexity index is 1140. The lowest BCUT2D eigenvalue weighted by molar-refractivity contribution is -0.165. The maximum atomic E-state index is 13.2. The van der Waals surface area contributed by atoms with Crippen molar-refractivity contribution in [2.75, 3.05) is 32.7 Å². The van der Waals surface area contributed by atoms with Gasteiger partial charge in [0.15, 0.2) is 0 Å². The van der Waals surface area contributed by atoms with Gasteiger partial charge in [0.25, 0.3) is 5.91 Å². The van der Waals surface area contributed by atoms with Gasteiger partial charge in [0, 0.05) is 75.8 Å². The molecule has 10 nitrogen and oxygen atoms in total. The molecule has 1 N–H and O–H groups in total. The van der Waals surface area contributed by atoms with Crippen molar-refractivity contribution in [3.63, 3.8) is 0 Å². The van der Waals surface area contributed by atoms with Crippen LogP contribution in [0, 0.1) is 29.1 Å². The summed E-state index contributed by atoms with van der Waals surface area (Å²) in [5.41, 5.74) is -0.278. The standard InChI is InChI=1S/C30H40N2O8/c1-17-14-22-25(27(35)30(4)24(39-19(3)34)15-23(26(17)30)38-18(2)33)21(29(37)40-22)16-31-10-12-32(13-11-31)28(36)20-8-6-5-7-9-20/h5-9,17,21-27,35H,10-16H2,1-4H3/t17-,21+,22-,23-,24+,25-,26+,27+,30-/m1/s1. The molecule has 2 aliphatic heterocycles. The summed E-state index contributed by atoms with van der Waals surface area (Å²) in [5.74, 6) is -2.61. The second-order valence-corrected chi connectivity index (χ2v) is 12.1. The second-order valence-electron chi connectivity index (χ2n) is 12.1. The van der Waals surface area contributed by atoms with Gasteiger partial charge in [-0.2, -0.15) is 0 Å². The van der Waals surface area contributed by atoms with Gasteiger partial charge < -0.3 is 24.2 Å². The van der Waals surface area contributed by atoms with E-state index in [9.17, 15) is 24.3 Å². The van der Waals surface area contributed by atoms with Crippen molar-refractivity contribution in [1.82, 2.24) is 9.80 Å². The van der Waals surface area contributed by atoms with Gasteiger partial charge in [-0.3, -0.25) is 24.1 Å². The third kappa shape index (κ3) is 5.11. The minimum Gasteiger partial charge on any atom is -0.462 e. The number of carbonyl (C=O) groups is 4. The van der Waals surface area contributed by atoms with Crippen molar-refractivity contribution in [3.8, 4) is 0 Å². The Hall–Kier alpha value is -2.98. The molecule has 4 aliphatic rings. The number of esters is 3. The van der Waals surface area contributed by atoms with Gasteiger partial charge in [0.1, 0.15) is 18.3 Å². The zero-order valence-electron chi connectivity index (χ0n) is 23.7. The smallest absolute Gasteiger partial charge is 0.311 e. The molecule has 5 rings (SSSR count). The lowest BCUT2D eigenvalue weighted by Gasteiger charge is -2.43. The van der Waals surface area contributed by atoms with Crippen molar-refractivity contribution in [1.29, 1.82) is 0 Å². The third-order valence-electron chi connectivity index (χ3n) is 9.70. The fourth-order valence-corrected chi connectivity index (χ4v) is 7.96. The van der Waals surface area contributed by atoms with E-state index in [1.54, 1.807) is 0 Å². The van der Waals surface area contributed by atoms with Gasteiger partial charge in [-0.05, 0) is 24.5 Å². The number of nitrogens with zero attached hydrogens (tertiary/aromatic N) is 2. The largest absolute Gasteiger partial charge is 0.462 e. The molecule has 10 heteroatoms.